The van der Waals surface area contributed by atoms with Gasteiger partial charge in [-0.05, 0) is 41.7 Å². The molecule has 3 heteroatoms. The average molecular weight is 319 g/mol. The molecule has 3 rings (SSSR count). The first-order chi connectivity index (χ1) is 11.7. The van der Waals surface area contributed by atoms with Gasteiger partial charge in [0.1, 0.15) is 0 Å². The molecule has 1 aliphatic carbocycles. The van der Waals surface area contributed by atoms with E-state index in [0.717, 1.165) is 24.9 Å². The summed E-state index contributed by atoms with van der Waals surface area (Å²) in [6.45, 7) is 1.38. The van der Waals surface area contributed by atoms with E-state index >= 15 is 0 Å². The molecule has 2 aromatic carbocycles. The summed E-state index contributed by atoms with van der Waals surface area (Å²) in [6, 6.07) is 16.5. The Kier molecular flexibility index (Phi) is 4.98. The van der Waals surface area contributed by atoms with Gasteiger partial charge in [0, 0.05) is 12.6 Å². The third-order valence-corrected chi connectivity index (χ3v) is 4.60. The Balaban J connectivity index is 1.78. The molecule has 2 aromatic rings. The molecule has 0 bridgehead atoms. The number of esters is 1. The Bertz CT molecular complexity index is 758. The lowest BCUT2D eigenvalue weighted by molar-refractivity contribution is 0.0600. The van der Waals surface area contributed by atoms with Gasteiger partial charge in [-0.2, -0.15) is 0 Å². The van der Waals surface area contributed by atoms with Crippen molar-refractivity contribution in [1.82, 2.24) is 4.90 Å². The van der Waals surface area contributed by atoms with Crippen LogP contribution in [0.1, 0.15) is 39.5 Å². The predicted molar refractivity (Wildman–Crippen MR) is 94.5 cm³/mol. The topological polar surface area (TPSA) is 29.5 Å². The maximum absolute atomic E-state index is 11.5. The lowest BCUT2D eigenvalue weighted by Crippen LogP contribution is -2.27. The molecule has 122 valence electrons. The Morgan fingerprint density at radius 2 is 2.00 bits per heavy atom. The van der Waals surface area contributed by atoms with Crippen LogP contribution < -0.4 is 0 Å². The summed E-state index contributed by atoms with van der Waals surface area (Å²) in [7, 11) is 1.39. The second-order valence-electron chi connectivity index (χ2n) is 6.05. The molecule has 0 N–H and O–H groups in total. The van der Waals surface area contributed by atoms with Crippen molar-refractivity contribution in [3.63, 3.8) is 0 Å². The number of fused-ring (bicyclic) bond motifs is 1. The summed E-state index contributed by atoms with van der Waals surface area (Å²) < 4.78 is 4.74. The first-order valence-electron chi connectivity index (χ1n) is 8.15. The Morgan fingerprint density at radius 1 is 1.25 bits per heavy atom. The fraction of sp³-hybridized carbons (Fsp3) is 0.286. The Hall–Kier alpha value is -2.57. The van der Waals surface area contributed by atoms with Crippen LogP contribution in [0.5, 0.6) is 0 Å². The van der Waals surface area contributed by atoms with Crippen molar-refractivity contribution < 1.29 is 9.53 Å². The molecule has 24 heavy (non-hydrogen) atoms. The van der Waals surface area contributed by atoms with Gasteiger partial charge in [0.25, 0.3) is 0 Å². The molecule has 1 unspecified atom stereocenters. The molecule has 0 aromatic heterocycles. The van der Waals surface area contributed by atoms with Crippen LogP contribution in [0.2, 0.25) is 0 Å². The SMILES string of the molecule is C#CCN(Cc1ccc(C(=O)OC)cc1)C1CCc2ccccc21. The summed E-state index contributed by atoms with van der Waals surface area (Å²) in [6.07, 6.45) is 7.80. The summed E-state index contributed by atoms with van der Waals surface area (Å²) in [5.74, 6) is 2.47. The van der Waals surface area contributed by atoms with Crippen LogP contribution in [-0.4, -0.2) is 24.5 Å². The van der Waals surface area contributed by atoms with Crippen molar-refractivity contribution >= 4 is 5.97 Å². The highest BCUT2D eigenvalue weighted by atomic mass is 16.5. The van der Waals surface area contributed by atoms with Gasteiger partial charge in [-0.3, -0.25) is 4.90 Å². The van der Waals surface area contributed by atoms with Crippen molar-refractivity contribution in [2.24, 2.45) is 0 Å². The Morgan fingerprint density at radius 3 is 2.71 bits per heavy atom. The van der Waals surface area contributed by atoms with Crippen LogP contribution in [0.3, 0.4) is 0 Å². The van der Waals surface area contributed by atoms with E-state index in [1.807, 2.05) is 12.1 Å². The number of rotatable bonds is 5. The lowest BCUT2D eigenvalue weighted by atomic mass is 10.1. The van der Waals surface area contributed by atoms with Gasteiger partial charge in [-0.1, -0.05) is 42.3 Å². The van der Waals surface area contributed by atoms with E-state index in [0.29, 0.717) is 18.2 Å². The van der Waals surface area contributed by atoms with E-state index in [2.05, 4.69) is 35.1 Å². The number of methoxy groups -OCH3 is 1. The van der Waals surface area contributed by atoms with Crippen LogP contribution in [0.25, 0.3) is 0 Å². The number of aryl methyl sites for hydroxylation is 1. The Labute approximate surface area is 143 Å². The molecule has 0 spiro atoms. The highest BCUT2D eigenvalue weighted by Gasteiger charge is 2.27. The lowest BCUT2D eigenvalue weighted by Gasteiger charge is -2.28. The highest BCUT2D eigenvalue weighted by Crippen LogP contribution is 2.36. The van der Waals surface area contributed by atoms with Crippen molar-refractivity contribution in [1.29, 1.82) is 0 Å². The zero-order valence-electron chi connectivity index (χ0n) is 13.9. The normalized spacial score (nSPS) is 15.8. The number of hydrogen-bond acceptors (Lipinski definition) is 3. The second kappa shape index (κ2) is 7.33. The van der Waals surface area contributed by atoms with E-state index < -0.39 is 0 Å². The minimum absolute atomic E-state index is 0.313. The molecule has 3 nitrogen and oxygen atoms in total. The fourth-order valence-electron chi connectivity index (χ4n) is 3.41. The second-order valence-corrected chi connectivity index (χ2v) is 6.05. The van der Waals surface area contributed by atoms with Crippen molar-refractivity contribution in [3.05, 3.63) is 70.8 Å². The fourth-order valence-corrected chi connectivity index (χ4v) is 3.41. The van der Waals surface area contributed by atoms with E-state index in [1.165, 1.54) is 18.2 Å². The van der Waals surface area contributed by atoms with Gasteiger partial charge in [-0.25, -0.2) is 4.79 Å². The summed E-state index contributed by atoms with van der Waals surface area (Å²) in [5, 5.41) is 0. The molecule has 0 fully saturated rings. The zero-order valence-corrected chi connectivity index (χ0v) is 13.9. The number of hydrogen-bond donors (Lipinski definition) is 0. The number of ether oxygens (including phenoxy) is 1. The van der Waals surface area contributed by atoms with Gasteiger partial charge in [-0.15, -0.1) is 6.42 Å². The third-order valence-electron chi connectivity index (χ3n) is 4.60. The van der Waals surface area contributed by atoms with Crippen molar-refractivity contribution in [3.8, 4) is 12.3 Å². The van der Waals surface area contributed by atoms with Gasteiger partial charge >= 0.3 is 5.97 Å². The predicted octanol–water partition coefficient (Wildman–Crippen LogP) is 3.60. The average Bonchev–Trinajstić information content (AvgIpc) is 3.05. The molecule has 0 aliphatic heterocycles. The van der Waals surface area contributed by atoms with Crippen LogP contribution in [0.4, 0.5) is 0 Å². The van der Waals surface area contributed by atoms with Crippen LogP contribution in [0.15, 0.2) is 48.5 Å². The van der Waals surface area contributed by atoms with Crippen LogP contribution in [0, 0.1) is 12.3 Å². The molecular formula is C21H21NO2. The van der Waals surface area contributed by atoms with E-state index in [1.54, 1.807) is 12.1 Å². The maximum Gasteiger partial charge on any atom is 0.337 e. The van der Waals surface area contributed by atoms with E-state index in [-0.39, 0.29) is 5.97 Å². The minimum atomic E-state index is -0.313. The number of nitrogens with zero attached hydrogens (tertiary/aromatic N) is 1. The smallest absolute Gasteiger partial charge is 0.337 e. The molecule has 0 amide bonds. The number of carbonyl (C=O) groups is 1. The third kappa shape index (κ3) is 3.34. The largest absolute Gasteiger partial charge is 0.465 e. The van der Waals surface area contributed by atoms with Crippen molar-refractivity contribution in [2.45, 2.75) is 25.4 Å². The molecule has 0 radical (unpaired) electrons. The summed E-state index contributed by atoms with van der Waals surface area (Å²) in [4.78, 5) is 13.9. The number of benzene rings is 2. The molecular weight excluding hydrogens is 298 g/mol. The summed E-state index contributed by atoms with van der Waals surface area (Å²) in [5.41, 5.74) is 4.52. The number of terminal acetylenes is 1. The van der Waals surface area contributed by atoms with Gasteiger partial charge in [0.15, 0.2) is 0 Å². The van der Waals surface area contributed by atoms with E-state index in [4.69, 9.17) is 11.2 Å². The molecule has 1 aliphatic rings. The van der Waals surface area contributed by atoms with E-state index in [9.17, 15) is 4.79 Å². The molecule has 0 saturated carbocycles. The van der Waals surface area contributed by atoms with Crippen LogP contribution >= 0.6 is 0 Å². The zero-order chi connectivity index (χ0) is 16.9. The number of carbonyl (C=O) groups excluding carboxylic acids is 1. The molecule has 1 atom stereocenters. The minimum Gasteiger partial charge on any atom is -0.465 e. The van der Waals surface area contributed by atoms with Gasteiger partial charge < -0.3 is 4.74 Å². The maximum atomic E-state index is 11.5. The van der Waals surface area contributed by atoms with Crippen molar-refractivity contribution in [2.75, 3.05) is 13.7 Å². The first kappa shape index (κ1) is 16.3. The van der Waals surface area contributed by atoms with Gasteiger partial charge in [0.2, 0.25) is 0 Å². The van der Waals surface area contributed by atoms with Crippen LogP contribution in [-0.2, 0) is 17.7 Å². The highest BCUT2D eigenvalue weighted by molar-refractivity contribution is 5.89. The molecule has 0 saturated heterocycles. The standard InChI is InChI=1S/C21H21NO2/c1-3-14-22(20-13-12-17-6-4-5-7-19(17)20)15-16-8-10-18(11-9-16)21(23)24-2/h1,4-11,20H,12-15H2,2H3. The molecule has 0 heterocycles. The summed E-state index contributed by atoms with van der Waals surface area (Å²) >= 11 is 0. The quantitative estimate of drug-likeness (QED) is 0.623. The first-order valence-corrected chi connectivity index (χ1v) is 8.15. The monoisotopic (exact) mass is 319 g/mol. The van der Waals surface area contributed by atoms with Gasteiger partial charge in [0.05, 0.1) is 19.2 Å².